The van der Waals surface area contributed by atoms with Gasteiger partial charge in [0.15, 0.2) is 0 Å². The summed E-state index contributed by atoms with van der Waals surface area (Å²) in [5.74, 6) is 1.88. The molecule has 0 bridgehead atoms. The van der Waals surface area contributed by atoms with E-state index in [9.17, 15) is 4.79 Å². The molecule has 0 saturated carbocycles. The Morgan fingerprint density at radius 2 is 2.41 bits per heavy atom. The molecule has 1 aromatic heterocycles. The summed E-state index contributed by atoms with van der Waals surface area (Å²) in [7, 11) is 1.64. The number of para-hydroxylation sites is 1. The van der Waals surface area contributed by atoms with E-state index in [1.807, 2.05) is 34.5 Å². The number of rotatable bonds is 2. The summed E-state index contributed by atoms with van der Waals surface area (Å²) in [6.07, 6.45) is 2.22. The number of H-pyrrole nitrogens is 1. The second-order valence-corrected chi connectivity index (χ2v) is 5.41. The van der Waals surface area contributed by atoms with E-state index in [2.05, 4.69) is 4.98 Å². The highest BCUT2D eigenvalue weighted by Gasteiger charge is 2.23. The summed E-state index contributed by atoms with van der Waals surface area (Å²) in [4.78, 5) is 14.9. The second-order valence-electron chi connectivity index (χ2n) is 4.12. The van der Waals surface area contributed by atoms with E-state index in [4.69, 9.17) is 4.74 Å². The van der Waals surface area contributed by atoms with Gasteiger partial charge >= 0.3 is 5.69 Å². The van der Waals surface area contributed by atoms with Crippen LogP contribution in [0.15, 0.2) is 23.0 Å². The molecule has 3 rings (SSSR count). The lowest BCUT2D eigenvalue weighted by molar-refractivity contribution is 0.416. The minimum atomic E-state index is -0.0381. The zero-order valence-electron chi connectivity index (χ0n) is 9.60. The third-order valence-corrected chi connectivity index (χ3v) is 4.47. The number of aromatic nitrogens is 2. The van der Waals surface area contributed by atoms with Crippen LogP contribution in [0.25, 0.3) is 11.0 Å². The van der Waals surface area contributed by atoms with Crippen molar-refractivity contribution in [3.8, 4) is 5.75 Å². The zero-order valence-corrected chi connectivity index (χ0v) is 10.4. The molecule has 0 radical (unpaired) electrons. The molecule has 0 amide bonds. The zero-order chi connectivity index (χ0) is 11.8. The highest BCUT2D eigenvalue weighted by atomic mass is 32.2. The van der Waals surface area contributed by atoms with Crippen LogP contribution in [0.1, 0.15) is 18.2 Å². The molecule has 1 unspecified atom stereocenters. The number of nitrogens with one attached hydrogen (secondary N) is 1. The van der Waals surface area contributed by atoms with Crippen molar-refractivity contribution < 1.29 is 4.74 Å². The highest BCUT2D eigenvalue weighted by Crippen LogP contribution is 2.38. The number of imidazole rings is 1. The summed E-state index contributed by atoms with van der Waals surface area (Å²) in [5.41, 5.74) is 1.70. The van der Waals surface area contributed by atoms with Crippen LogP contribution in [-0.4, -0.2) is 22.4 Å². The molecule has 1 aliphatic rings. The van der Waals surface area contributed by atoms with E-state index in [1.165, 1.54) is 6.42 Å². The molecule has 2 aromatic rings. The lowest BCUT2D eigenvalue weighted by Gasteiger charge is -2.12. The monoisotopic (exact) mass is 250 g/mol. The number of ether oxygens (including phenoxy) is 1. The van der Waals surface area contributed by atoms with Crippen LogP contribution < -0.4 is 10.4 Å². The maximum atomic E-state index is 12.0. The quantitative estimate of drug-likeness (QED) is 0.890. The SMILES string of the molecule is COc1cccc2[nH]c(=O)n(C3CCCS3)c12. The summed E-state index contributed by atoms with van der Waals surface area (Å²) in [5, 5.41) is 0.243. The first-order chi connectivity index (χ1) is 8.31. The predicted octanol–water partition coefficient (Wildman–Crippen LogP) is 2.36. The molecule has 2 heterocycles. The Morgan fingerprint density at radius 1 is 1.53 bits per heavy atom. The molecule has 17 heavy (non-hydrogen) atoms. The van der Waals surface area contributed by atoms with Gasteiger partial charge in [0.05, 0.1) is 18.0 Å². The van der Waals surface area contributed by atoms with Gasteiger partial charge in [0.2, 0.25) is 0 Å². The van der Waals surface area contributed by atoms with Crippen molar-refractivity contribution in [1.29, 1.82) is 0 Å². The smallest absolute Gasteiger partial charge is 0.327 e. The van der Waals surface area contributed by atoms with Gasteiger partial charge in [-0.3, -0.25) is 4.57 Å². The lowest BCUT2D eigenvalue weighted by atomic mass is 10.2. The largest absolute Gasteiger partial charge is 0.494 e. The van der Waals surface area contributed by atoms with Crippen LogP contribution in [0, 0.1) is 0 Å². The second kappa shape index (κ2) is 4.14. The van der Waals surface area contributed by atoms with Gasteiger partial charge in [0, 0.05) is 0 Å². The molecular formula is C12H14N2O2S. The van der Waals surface area contributed by atoms with Gasteiger partial charge in [-0.05, 0) is 30.7 Å². The minimum absolute atomic E-state index is 0.0381. The minimum Gasteiger partial charge on any atom is -0.494 e. The predicted molar refractivity (Wildman–Crippen MR) is 69.8 cm³/mol. The Bertz CT molecular complexity index is 596. The third-order valence-electron chi connectivity index (χ3n) is 3.11. The molecule has 1 atom stereocenters. The number of fused-ring (bicyclic) bond motifs is 1. The van der Waals surface area contributed by atoms with Crippen molar-refractivity contribution in [3.63, 3.8) is 0 Å². The third kappa shape index (κ3) is 1.65. The van der Waals surface area contributed by atoms with Crippen molar-refractivity contribution in [2.24, 2.45) is 0 Å². The number of hydrogen-bond donors (Lipinski definition) is 1. The molecule has 1 aromatic carbocycles. The Hall–Kier alpha value is -1.36. The summed E-state index contributed by atoms with van der Waals surface area (Å²) >= 11 is 1.84. The Kier molecular flexibility index (Phi) is 2.63. The Morgan fingerprint density at radius 3 is 3.12 bits per heavy atom. The Labute approximate surface area is 103 Å². The lowest BCUT2D eigenvalue weighted by Crippen LogP contribution is -2.19. The van der Waals surface area contributed by atoms with Crippen LogP contribution in [-0.2, 0) is 0 Å². The van der Waals surface area contributed by atoms with E-state index < -0.39 is 0 Å². The molecule has 1 aliphatic heterocycles. The maximum absolute atomic E-state index is 12.0. The van der Waals surface area contributed by atoms with Crippen LogP contribution in [0.3, 0.4) is 0 Å². The first-order valence-corrected chi connectivity index (χ1v) is 6.75. The standard InChI is InChI=1S/C12H14N2O2S/c1-16-9-5-2-4-8-11(9)14(12(15)13-8)10-6-3-7-17-10/h2,4-5,10H,3,6-7H2,1H3,(H,13,15). The average Bonchev–Trinajstić information content (AvgIpc) is 2.93. The maximum Gasteiger partial charge on any atom is 0.327 e. The number of benzene rings is 1. The van der Waals surface area contributed by atoms with Gasteiger partial charge in [0.1, 0.15) is 11.3 Å². The van der Waals surface area contributed by atoms with Crippen LogP contribution in [0.4, 0.5) is 0 Å². The molecule has 5 heteroatoms. The molecule has 0 aliphatic carbocycles. The number of aromatic amines is 1. The highest BCUT2D eigenvalue weighted by molar-refractivity contribution is 7.99. The number of nitrogens with zero attached hydrogens (tertiary/aromatic N) is 1. The van der Waals surface area contributed by atoms with Crippen LogP contribution in [0.5, 0.6) is 5.75 Å². The summed E-state index contributed by atoms with van der Waals surface area (Å²) < 4.78 is 7.19. The topological polar surface area (TPSA) is 47.0 Å². The van der Waals surface area contributed by atoms with Gasteiger partial charge in [-0.25, -0.2) is 4.79 Å². The van der Waals surface area contributed by atoms with E-state index in [0.29, 0.717) is 0 Å². The van der Waals surface area contributed by atoms with E-state index in [1.54, 1.807) is 7.11 Å². The molecule has 0 spiro atoms. The first-order valence-electron chi connectivity index (χ1n) is 5.70. The normalized spacial score (nSPS) is 19.9. The van der Waals surface area contributed by atoms with Crippen LogP contribution in [0.2, 0.25) is 0 Å². The fourth-order valence-corrected chi connectivity index (χ4v) is 3.64. The van der Waals surface area contributed by atoms with Crippen molar-refractivity contribution in [2.45, 2.75) is 18.2 Å². The van der Waals surface area contributed by atoms with E-state index >= 15 is 0 Å². The molecule has 90 valence electrons. The van der Waals surface area contributed by atoms with Gasteiger partial charge in [-0.2, -0.15) is 0 Å². The number of thioether (sulfide) groups is 1. The van der Waals surface area contributed by atoms with Gasteiger partial charge in [0.25, 0.3) is 0 Å². The van der Waals surface area contributed by atoms with Gasteiger partial charge in [-0.1, -0.05) is 6.07 Å². The van der Waals surface area contributed by atoms with E-state index in [-0.39, 0.29) is 11.1 Å². The number of hydrogen-bond acceptors (Lipinski definition) is 3. The van der Waals surface area contributed by atoms with Gasteiger partial charge < -0.3 is 9.72 Å². The first kappa shape index (κ1) is 10.8. The van der Waals surface area contributed by atoms with Crippen molar-refractivity contribution in [2.75, 3.05) is 12.9 Å². The molecule has 4 nitrogen and oxygen atoms in total. The van der Waals surface area contributed by atoms with Crippen molar-refractivity contribution >= 4 is 22.8 Å². The average molecular weight is 250 g/mol. The van der Waals surface area contributed by atoms with E-state index in [0.717, 1.165) is 29.0 Å². The molecule has 1 fully saturated rings. The number of methoxy groups -OCH3 is 1. The van der Waals surface area contributed by atoms with Gasteiger partial charge in [-0.15, -0.1) is 11.8 Å². The molecule has 1 N–H and O–H groups in total. The van der Waals surface area contributed by atoms with Crippen LogP contribution >= 0.6 is 11.8 Å². The summed E-state index contributed by atoms with van der Waals surface area (Å²) in [6, 6.07) is 5.70. The molecular weight excluding hydrogens is 236 g/mol. The molecule has 1 saturated heterocycles. The van der Waals surface area contributed by atoms with Crippen molar-refractivity contribution in [3.05, 3.63) is 28.7 Å². The Balaban J connectivity index is 2.28. The fraction of sp³-hybridized carbons (Fsp3) is 0.417. The summed E-state index contributed by atoms with van der Waals surface area (Å²) in [6.45, 7) is 0. The fourth-order valence-electron chi connectivity index (χ4n) is 2.35. The van der Waals surface area contributed by atoms with Crippen molar-refractivity contribution in [1.82, 2.24) is 9.55 Å².